The van der Waals surface area contributed by atoms with Crippen molar-refractivity contribution >= 4 is 23.2 Å². The van der Waals surface area contributed by atoms with Gasteiger partial charge in [0.05, 0.1) is 12.2 Å². The summed E-state index contributed by atoms with van der Waals surface area (Å²) < 4.78 is 1.67. The Kier molecular flexibility index (Phi) is 4.68. The Hall–Kier alpha value is -1.93. The molecule has 0 saturated carbocycles. The second-order valence-corrected chi connectivity index (χ2v) is 4.20. The number of nitrogens with one attached hydrogen (secondary N) is 1. The van der Waals surface area contributed by atoms with Crippen LogP contribution in [0.1, 0.15) is 0 Å². The minimum absolute atomic E-state index is 0.644. The van der Waals surface area contributed by atoms with Crippen molar-refractivity contribution in [2.45, 2.75) is 0 Å². The van der Waals surface area contributed by atoms with Gasteiger partial charge in [-0.1, -0.05) is 36.4 Å². The Bertz CT molecular complexity index is 482. The number of para-hydroxylation sites is 2. The Morgan fingerprint density at radius 2 is 1.56 bits per heavy atom. The van der Waals surface area contributed by atoms with Crippen LogP contribution in [0.2, 0.25) is 0 Å². The van der Waals surface area contributed by atoms with E-state index in [-0.39, 0.29) is 0 Å². The summed E-state index contributed by atoms with van der Waals surface area (Å²) in [6.07, 6.45) is 3.88. The number of nitrogens with zero attached hydrogens (tertiary/aromatic N) is 1. The summed E-state index contributed by atoms with van der Waals surface area (Å²) in [7, 11) is 0. The molecule has 0 fully saturated rings. The van der Waals surface area contributed by atoms with Crippen molar-refractivity contribution in [3.63, 3.8) is 0 Å². The summed E-state index contributed by atoms with van der Waals surface area (Å²) in [5.74, 6) is 0. The van der Waals surface area contributed by atoms with E-state index in [0.717, 1.165) is 11.4 Å². The molecule has 0 heterocycles. The molecule has 0 bridgehead atoms. The Morgan fingerprint density at radius 1 is 0.944 bits per heavy atom. The summed E-state index contributed by atoms with van der Waals surface area (Å²) in [5.41, 5.74) is 2.05. The predicted octanol–water partition coefficient (Wildman–Crippen LogP) is 4.27. The minimum Gasteiger partial charge on any atom is -0.362 e. The maximum atomic E-state index is 6.14. The summed E-state index contributed by atoms with van der Waals surface area (Å²) >= 11 is 6.14. The van der Waals surface area contributed by atoms with Crippen LogP contribution in [0.4, 0.5) is 11.4 Å². The smallest absolute Gasteiger partial charge is 0.0547 e. The number of hydrogen-bond acceptors (Lipinski definition) is 2. The van der Waals surface area contributed by atoms with E-state index in [4.69, 9.17) is 11.8 Å². The average molecular weight is 259 g/mol. The van der Waals surface area contributed by atoms with Crippen LogP contribution in [0.3, 0.4) is 0 Å². The van der Waals surface area contributed by atoms with Crippen LogP contribution in [0.5, 0.6) is 0 Å². The van der Waals surface area contributed by atoms with Crippen molar-refractivity contribution in [3.05, 3.63) is 72.9 Å². The second kappa shape index (κ2) is 6.72. The van der Waals surface area contributed by atoms with Gasteiger partial charge in [0.15, 0.2) is 0 Å². The fourth-order valence-corrected chi connectivity index (χ4v) is 1.72. The van der Waals surface area contributed by atoms with Gasteiger partial charge in [-0.05, 0) is 36.5 Å². The lowest BCUT2D eigenvalue weighted by Crippen LogP contribution is -2.09. The molecule has 0 aromatic heterocycles. The van der Waals surface area contributed by atoms with E-state index in [2.05, 4.69) is 5.32 Å². The summed E-state index contributed by atoms with van der Waals surface area (Å²) in [4.78, 5) is 0. The van der Waals surface area contributed by atoms with Gasteiger partial charge in [0.2, 0.25) is 0 Å². The third-order valence-electron chi connectivity index (χ3n) is 2.44. The largest absolute Gasteiger partial charge is 0.362 e. The van der Waals surface area contributed by atoms with E-state index in [1.54, 1.807) is 4.42 Å². The molecule has 0 amide bonds. The number of rotatable bonds is 5. The lowest BCUT2D eigenvalue weighted by atomic mass is 10.3. The highest BCUT2D eigenvalue weighted by Gasteiger charge is 1.98. The van der Waals surface area contributed by atoms with Gasteiger partial charge in [-0.15, -0.1) is 0 Å². The number of halogens is 1. The Labute approximate surface area is 113 Å². The highest BCUT2D eigenvalue weighted by molar-refractivity contribution is 6.25. The molecule has 0 saturated heterocycles. The van der Waals surface area contributed by atoms with Crippen LogP contribution in [0.15, 0.2) is 72.9 Å². The molecular formula is C15H15ClN2. The highest BCUT2D eigenvalue weighted by atomic mass is 35.5. The monoisotopic (exact) mass is 258 g/mol. The number of anilines is 2. The van der Waals surface area contributed by atoms with Gasteiger partial charge in [-0.3, -0.25) is 4.42 Å². The average Bonchev–Trinajstić information content (AvgIpc) is 2.45. The highest BCUT2D eigenvalue weighted by Crippen LogP contribution is 2.14. The van der Waals surface area contributed by atoms with Gasteiger partial charge in [0, 0.05) is 17.5 Å². The molecule has 18 heavy (non-hydrogen) atoms. The van der Waals surface area contributed by atoms with Crippen molar-refractivity contribution in [3.8, 4) is 0 Å². The molecule has 3 heteroatoms. The van der Waals surface area contributed by atoms with Crippen LogP contribution >= 0.6 is 11.8 Å². The van der Waals surface area contributed by atoms with E-state index in [1.807, 2.05) is 72.9 Å². The molecule has 0 radical (unpaired) electrons. The van der Waals surface area contributed by atoms with Crippen molar-refractivity contribution in [2.75, 3.05) is 16.3 Å². The maximum Gasteiger partial charge on any atom is 0.0547 e. The molecule has 0 atom stereocenters. The van der Waals surface area contributed by atoms with Crippen LogP contribution in [-0.2, 0) is 0 Å². The van der Waals surface area contributed by atoms with Gasteiger partial charge in [0.25, 0.3) is 0 Å². The van der Waals surface area contributed by atoms with Crippen LogP contribution in [0, 0.1) is 0 Å². The van der Waals surface area contributed by atoms with Crippen LogP contribution in [-0.4, -0.2) is 6.54 Å². The standard InChI is InChI=1S/C15H15ClN2/c16-18(15-10-5-2-6-11-15)13-7-12-17-14-8-3-1-4-9-14/h1-12,17H,13H2/b12-7+. The minimum atomic E-state index is 0.644. The van der Waals surface area contributed by atoms with Crippen molar-refractivity contribution in [2.24, 2.45) is 0 Å². The van der Waals surface area contributed by atoms with E-state index in [9.17, 15) is 0 Å². The quantitative estimate of drug-likeness (QED) is 0.806. The third-order valence-corrected chi connectivity index (χ3v) is 2.78. The molecule has 0 spiro atoms. The van der Waals surface area contributed by atoms with Gasteiger partial charge in [0.1, 0.15) is 0 Å². The molecule has 0 aliphatic carbocycles. The Balaban J connectivity index is 1.81. The van der Waals surface area contributed by atoms with Gasteiger partial charge in [-0.2, -0.15) is 0 Å². The topological polar surface area (TPSA) is 15.3 Å². The molecule has 0 aliphatic heterocycles. The van der Waals surface area contributed by atoms with Crippen molar-refractivity contribution in [1.29, 1.82) is 0 Å². The Morgan fingerprint density at radius 3 is 2.22 bits per heavy atom. The van der Waals surface area contributed by atoms with E-state index in [1.165, 1.54) is 0 Å². The molecule has 2 rings (SSSR count). The first-order chi connectivity index (χ1) is 8.86. The number of hydrogen-bond donors (Lipinski definition) is 1. The third kappa shape index (κ3) is 3.82. The summed E-state index contributed by atoms with van der Waals surface area (Å²) in [6.45, 7) is 0.644. The van der Waals surface area contributed by atoms with Crippen molar-refractivity contribution < 1.29 is 0 Å². The zero-order valence-electron chi connectivity index (χ0n) is 9.96. The lowest BCUT2D eigenvalue weighted by Gasteiger charge is -2.12. The van der Waals surface area contributed by atoms with Gasteiger partial charge >= 0.3 is 0 Å². The van der Waals surface area contributed by atoms with Crippen LogP contribution < -0.4 is 9.74 Å². The lowest BCUT2D eigenvalue weighted by molar-refractivity contribution is 1.19. The molecule has 0 aliphatic rings. The van der Waals surface area contributed by atoms with E-state index in [0.29, 0.717) is 6.54 Å². The summed E-state index contributed by atoms with van der Waals surface area (Å²) in [5, 5.41) is 3.19. The first-order valence-electron chi connectivity index (χ1n) is 5.81. The summed E-state index contributed by atoms with van der Waals surface area (Å²) in [6, 6.07) is 19.9. The molecule has 2 nitrogen and oxygen atoms in total. The van der Waals surface area contributed by atoms with Crippen molar-refractivity contribution in [1.82, 2.24) is 0 Å². The molecular weight excluding hydrogens is 244 g/mol. The van der Waals surface area contributed by atoms with Gasteiger partial charge < -0.3 is 5.32 Å². The normalized spacial score (nSPS) is 10.5. The van der Waals surface area contributed by atoms with Gasteiger partial charge in [-0.25, -0.2) is 0 Å². The van der Waals surface area contributed by atoms with E-state index < -0.39 is 0 Å². The maximum absolute atomic E-state index is 6.14. The van der Waals surface area contributed by atoms with E-state index >= 15 is 0 Å². The fraction of sp³-hybridized carbons (Fsp3) is 0.0667. The molecule has 2 aromatic carbocycles. The molecule has 2 aromatic rings. The molecule has 0 unspecified atom stereocenters. The number of benzene rings is 2. The SMILES string of the molecule is ClN(C/C=C/Nc1ccccc1)c1ccccc1. The first kappa shape index (κ1) is 12.5. The fourth-order valence-electron chi connectivity index (χ4n) is 1.53. The first-order valence-corrected chi connectivity index (χ1v) is 6.15. The predicted molar refractivity (Wildman–Crippen MR) is 78.8 cm³/mol. The van der Waals surface area contributed by atoms with Crippen LogP contribution in [0.25, 0.3) is 0 Å². The zero-order chi connectivity index (χ0) is 12.6. The second-order valence-electron chi connectivity index (χ2n) is 3.79. The zero-order valence-corrected chi connectivity index (χ0v) is 10.7. The molecule has 1 N–H and O–H groups in total. The molecule has 92 valence electrons.